The molecule has 0 radical (unpaired) electrons. The Balaban J connectivity index is 2.19. The molecule has 8 nitrogen and oxygen atoms in total. The summed E-state index contributed by atoms with van der Waals surface area (Å²) in [6.45, 7) is 3.54. The van der Waals surface area contributed by atoms with Gasteiger partial charge in [0.2, 0.25) is 5.95 Å². The van der Waals surface area contributed by atoms with Crippen LogP contribution in [0.3, 0.4) is 0 Å². The second kappa shape index (κ2) is 4.73. The lowest BCUT2D eigenvalue weighted by molar-refractivity contribution is 0.516. The van der Waals surface area contributed by atoms with Gasteiger partial charge in [-0.25, -0.2) is 4.79 Å². The molecule has 1 aliphatic rings. The van der Waals surface area contributed by atoms with Crippen LogP contribution in [0, 0.1) is 5.92 Å². The van der Waals surface area contributed by atoms with Crippen molar-refractivity contribution >= 4 is 17.1 Å². The van der Waals surface area contributed by atoms with E-state index in [2.05, 4.69) is 21.8 Å². The van der Waals surface area contributed by atoms with Crippen LogP contribution in [0.4, 0.5) is 5.95 Å². The van der Waals surface area contributed by atoms with Gasteiger partial charge < -0.3 is 15.6 Å². The van der Waals surface area contributed by atoms with Gasteiger partial charge in [-0.3, -0.25) is 13.9 Å². The highest BCUT2D eigenvalue weighted by Gasteiger charge is 2.32. The summed E-state index contributed by atoms with van der Waals surface area (Å²) in [6.07, 6.45) is 1.04. The average molecular weight is 292 g/mol. The van der Waals surface area contributed by atoms with Crippen LogP contribution in [0.25, 0.3) is 11.2 Å². The van der Waals surface area contributed by atoms with Crippen molar-refractivity contribution in [3.05, 3.63) is 20.8 Å². The van der Waals surface area contributed by atoms with Crippen molar-refractivity contribution in [1.82, 2.24) is 19.1 Å². The van der Waals surface area contributed by atoms with E-state index in [0.717, 1.165) is 17.5 Å². The molecule has 3 heterocycles. The van der Waals surface area contributed by atoms with Crippen molar-refractivity contribution in [3.8, 4) is 0 Å². The number of aromatic nitrogens is 4. The number of nitrogens with two attached hydrogens (primary N) is 1. The van der Waals surface area contributed by atoms with Gasteiger partial charge in [0.25, 0.3) is 5.56 Å². The van der Waals surface area contributed by atoms with Crippen LogP contribution in [0.15, 0.2) is 9.59 Å². The molecule has 2 unspecified atom stereocenters. The zero-order valence-corrected chi connectivity index (χ0v) is 12.5. The second-order valence-corrected chi connectivity index (χ2v) is 5.73. The van der Waals surface area contributed by atoms with Gasteiger partial charge in [-0.1, -0.05) is 6.92 Å². The number of rotatable bonds is 2. The van der Waals surface area contributed by atoms with E-state index in [1.54, 1.807) is 7.05 Å². The summed E-state index contributed by atoms with van der Waals surface area (Å²) in [5.74, 6) is 1.10. The van der Waals surface area contributed by atoms with Crippen LogP contribution in [-0.4, -0.2) is 38.2 Å². The maximum Gasteiger partial charge on any atom is 0.332 e. The molecule has 0 spiro atoms. The fourth-order valence-corrected chi connectivity index (χ4v) is 3.08. The molecule has 3 N–H and O–H groups in total. The lowest BCUT2D eigenvalue weighted by Crippen LogP contribution is -2.39. The third-order valence-electron chi connectivity index (χ3n) is 4.48. The molecule has 2 aromatic heterocycles. The number of hydrogen-bond donors (Lipinski definition) is 2. The van der Waals surface area contributed by atoms with Crippen LogP contribution >= 0.6 is 0 Å². The average Bonchev–Trinajstić information content (AvgIpc) is 3.06. The first-order valence-corrected chi connectivity index (χ1v) is 7.08. The number of imidazole rings is 1. The highest BCUT2D eigenvalue weighted by molar-refractivity contribution is 5.73. The quantitative estimate of drug-likeness (QED) is 0.749. The van der Waals surface area contributed by atoms with Gasteiger partial charge in [-0.15, -0.1) is 0 Å². The Labute approximate surface area is 121 Å². The number of nitrogens with one attached hydrogen (secondary N) is 1. The number of anilines is 1. The van der Waals surface area contributed by atoms with Gasteiger partial charge in [0, 0.05) is 33.2 Å². The Bertz CT molecular complexity index is 801. The fraction of sp³-hybridized carbons (Fsp3) is 0.615. The summed E-state index contributed by atoms with van der Waals surface area (Å²) < 4.78 is 2.46. The Morgan fingerprint density at radius 3 is 2.71 bits per heavy atom. The zero-order valence-electron chi connectivity index (χ0n) is 12.5. The Hall–Kier alpha value is -2.09. The van der Waals surface area contributed by atoms with E-state index in [4.69, 9.17) is 5.73 Å². The van der Waals surface area contributed by atoms with Crippen molar-refractivity contribution in [2.45, 2.75) is 19.4 Å². The van der Waals surface area contributed by atoms with Gasteiger partial charge in [0.15, 0.2) is 11.2 Å². The second-order valence-electron chi connectivity index (χ2n) is 5.73. The number of H-pyrrole nitrogens is 1. The fourth-order valence-electron chi connectivity index (χ4n) is 3.08. The first kappa shape index (κ1) is 13.9. The molecule has 2 aromatic rings. The Kier molecular flexibility index (Phi) is 3.12. The van der Waals surface area contributed by atoms with Gasteiger partial charge >= 0.3 is 5.69 Å². The van der Waals surface area contributed by atoms with Crippen molar-refractivity contribution in [1.29, 1.82) is 0 Å². The van der Waals surface area contributed by atoms with Crippen molar-refractivity contribution in [2.75, 3.05) is 18.0 Å². The first-order valence-electron chi connectivity index (χ1n) is 7.08. The standard InChI is InChI=1S/C13H20N6O2/c1-7-4-5-19(8(7)6-14)12-15-9-10(16-12)17(2)13(21)18(3)11(9)20/h7-8H,4-6,14H2,1-3H3,(H,15,16). The molecule has 0 aromatic carbocycles. The maximum absolute atomic E-state index is 12.2. The largest absolute Gasteiger partial charge is 0.338 e. The highest BCUT2D eigenvalue weighted by Crippen LogP contribution is 2.27. The number of hydrogen-bond acceptors (Lipinski definition) is 5. The smallest absolute Gasteiger partial charge is 0.332 e. The molecule has 8 heteroatoms. The highest BCUT2D eigenvalue weighted by atomic mass is 16.2. The summed E-state index contributed by atoms with van der Waals surface area (Å²) in [7, 11) is 3.08. The molecule has 2 atom stereocenters. The molecule has 3 rings (SSSR count). The van der Waals surface area contributed by atoms with E-state index in [1.165, 1.54) is 11.6 Å². The van der Waals surface area contributed by atoms with Crippen LogP contribution in [-0.2, 0) is 14.1 Å². The van der Waals surface area contributed by atoms with Crippen molar-refractivity contribution in [2.24, 2.45) is 25.7 Å². The van der Waals surface area contributed by atoms with E-state index in [-0.39, 0.29) is 17.3 Å². The Morgan fingerprint density at radius 1 is 1.33 bits per heavy atom. The van der Waals surface area contributed by atoms with Crippen LogP contribution in [0.5, 0.6) is 0 Å². The third kappa shape index (κ3) is 1.90. The summed E-state index contributed by atoms with van der Waals surface area (Å²) in [5.41, 5.74) is 5.85. The summed E-state index contributed by atoms with van der Waals surface area (Å²) in [4.78, 5) is 33.7. The SMILES string of the molecule is CC1CCN(c2nc3c([nH]2)c(=O)n(C)c(=O)n3C)C1CN. The number of aryl methyl sites for hydroxylation is 1. The predicted molar refractivity (Wildman–Crippen MR) is 80.5 cm³/mol. The molecule has 21 heavy (non-hydrogen) atoms. The summed E-state index contributed by atoms with van der Waals surface area (Å²) in [6, 6.07) is 0.200. The molecule has 1 saturated heterocycles. The molecule has 114 valence electrons. The lowest BCUT2D eigenvalue weighted by Gasteiger charge is -2.24. The van der Waals surface area contributed by atoms with E-state index in [1.807, 2.05) is 0 Å². The van der Waals surface area contributed by atoms with Crippen LogP contribution in [0.1, 0.15) is 13.3 Å². The molecule has 0 amide bonds. The molecule has 0 bridgehead atoms. The minimum absolute atomic E-state index is 0.200. The minimum atomic E-state index is -0.379. The summed E-state index contributed by atoms with van der Waals surface area (Å²) in [5, 5.41) is 0. The Morgan fingerprint density at radius 2 is 2.05 bits per heavy atom. The normalized spacial score (nSPS) is 22.4. The van der Waals surface area contributed by atoms with Crippen LogP contribution in [0.2, 0.25) is 0 Å². The van der Waals surface area contributed by atoms with Crippen molar-refractivity contribution in [3.63, 3.8) is 0 Å². The molecular weight excluding hydrogens is 272 g/mol. The van der Waals surface area contributed by atoms with Gasteiger partial charge in [-0.05, 0) is 12.3 Å². The predicted octanol–water partition coefficient (Wildman–Crippen LogP) is -0.866. The van der Waals surface area contributed by atoms with E-state index in [9.17, 15) is 9.59 Å². The van der Waals surface area contributed by atoms with E-state index < -0.39 is 0 Å². The number of fused-ring (bicyclic) bond motifs is 1. The molecular formula is C13H20N6O2. The molecule has 0 aliphatic carbocycles. The summed E-state index contributed by atoms with van der Waals surface area (Å²) >= 11 is 0. The first-order chi connectivity index (χ1) is 9.95. The monoisotopic (exact) mass is 292 g/mol. The topological polar surface area (TPSA) is 102 Å². The van der Waals surface area contributed by atoms with Gasteiger partial charge in [0.1, 0.15) is 0 Å². The lowest BCUT2D eigenvalue weighted by atomic mass is 10.0. The van der Waals surface area contributed by atoms with Crippen molar-refractivity contribution < 1.29 is 0 Å². The number of nitrogens with zero attached hydrogens (tertiary/aromatic N) is 4. The van der Waals surface area contributed by atoms with E-state index in [0.29, 0.717) is 29.6 Å². The number of aromatic amines is 1. The van der Waals surface area contributed by atoms with E-state index >= 15 is 0 Å². The zero-order chi connectivity index (χ0) is 15.3. The van der Waals surface area contributed by atoms with Crippen LogP contribution < -0.4 is 21.9 Å². The van der Waals surface area contributed by atoms with Gasteiger partial charge in [-0.2, -0.15) is 4.98 Å². The third-order valence-corrected chi connectivity index (χ3v) is 4.48. The molecule has 0 saturated carbocycles. The maximum atomic E-state index is 12.2. The molecule has 1 fully saturated rings. The minimum Gasteiger partial charge on any atom is -0.338 e. The molecule has 1 aliphatic heterocycles. The van der Waals surface area contributed by atoms with Gasteiger partial charge in [0.05, 0.1) is 0 Å².